The van der Waals surface area contributed by atoms with E-state index in [1.807, 2.05) is 66.1 Å². The molecule has 0 saturated heterocycles. The van der Waals surface area contributed by atoms with Crippen LogP contribution in [0.25, 0.3) is 5.69 Å². The number of rotatable bonds is 9. The van der Waals surface area contributed by atoms with Crippen LogP contribution in [0.3, 0.4) is 0 Å². The molecule has 0 radical (unpaired) electrons. The average molecular weight is 476 g/mol. The van der Waals surface area contributed by atoms with Crippen LogP contribution in [0.1, 0.15) is 23.9 Å². The van der Waals surface area contributed by atoms with Crippen molar-refractivity contribution in [3.8, 4) is 17.5 Å². The molecule has 7 nitrogen and oxygen atoms in total. The van der Waals surface area contributed by atoms with Crippen LogP contribution in [0.15, 0.2) is 71.2 Å². The van der Waals surface area contributed by atoms with Gasteiger partial charge in [-0.15, -0.1) is 21.5 Å². The van der Waals surface area contributed by atoms with Crippen LogP contribution >= 0.6 is 23.1 Å². The third-order valence-electron chi connectivity index (χ3n) is 4.68. The summed E-state index contributed by atoms with van der Waals surface area (Å²) in [6.07, 6.45) is 0.606. The Kier molecular flexibility index (Phi) is 7.40. The van der Waals surface area contributed by atoms with Crippen LogP contribution in [0.4, 0.5) is 5.00 Å². The zero-order valence-electron chi connectivity index (χ0n) is 17.9. The molecule has 2 heterocycles. The first-order chi connectivity index (χ1) is 16.2. The number of carbonyl (C=O) groups is 1. The number of aromatic nitrogens is 3. The van der Waals surface area contributed by atoms with Crippen molar-refractivity contribution in [1.29, 1.82) is 5.26 Å². The highest BCUT2D eigenvalue weighted by molar-refractivity contribution is 7.99. The van der Waals surface area contributed by atoms with Gasteiger partial charge in [0.25, 0.3) is 0 Å². The molecule has 2 aromatic heterocycles. The minimum absolute atomic E-state index is 0.142. The maximum absolute atomic E-state index is 12.5. The molecule has 0 aliphatic heterocycles. The van der Waals surface area contributed by atoms with Crippen LogP contribution in [0.5, 0.6) is 5.75 Å². The van der Waals surface area contributed by atoms with Gasteiger partial charge >= 0.3 is 0 Å². The van der Waals surface area contributed by atoms with Gasteiger partial charge in [-0.25, -0.2) is 0 Å². The number of thioether (sulfide) groups is 1. The second-order valence-corrected chi connectivity index (χ2v) is 8.79. The van der Waals surface area contributed by atoms with E-state index in [1.54, 1.807) is 11.4 Å². The van der Waals surface area contributed by atoms with Crippen LogP contribution in [0.2, 0.25) is 0 Å². The summed E-state index contributed by atoms with van der Waals surface area (Å²) in [4.78, 5) is 12.5. The lowest BCUT2D eigenvalue weighted by Gasteiger charge is -2.11. The number of amides is 1. The second-order valence-electron chi connectivity index (χ2n) is 6.94. The molecule has 1 N–H and O–H groups in total. The van der Waals surface area contributed by atoms with E-state index in [-0.39, 0.29) is 11.7 Å². The van der Waals surface area contributed by atoms with Crippen LogP contribution in [-0.4, -0.2) is 33.0 Å². The molecule has 0 aliphatic rings. The van der Waals surface area contributed by atoms with E-state index in [4.69, 9.17) is 10.00 Å². The Bertz CT molecular complexity index is 1260. The molecule has 0 unspecified atom stereocenters. The fourth-order valence-electron chi connectivity index (χ4n) is 3.19. The van der Waals surface area contributed by atoms with Crippen molar-refractivity contribution in [2.24, 2.45) is 0 Å². The lowest BCUT2D eigenvalue weighted by molar-refractivity contribution is -0.113. The number of anilines is 1. The van der Waals surface area contributed by atoms with Crippen LogP contribution in [0, 0.1) is 11.3 Å². The number of nitriles is 1. The van der Waals surface area contributed by atoms with E-state index in [0.717, 1.165) is 22.8 Å². The Hall–Kier alpha value is -3.61. The van der Waals surface area contributed by atoms with Gasteiger partial charge in [0.1, 0.15) is 22.6 Å². The summed E-state index contributed by atoms with van der Waals surface area (Å²) in [6.45, 7) is 2.54. The molecule has 0 bridgehead atoms. The zero-order chi connectivity index (χ0) is 23.0. The maximum atomic E-state index is 12.5. The van der Waals surface area contributed by atoms with Crippen LogP contribution < -0.4 is 10.1 Å². The summed E-state index contributed by atoms with van der Waals surface area (Å²) in [7, 11) is 0. The van der Waals surface area contributed by atoms with Gasteiger partial charge in [0.2, 0.25) is 5.91 Å². The lowest BCUT2D eigenvalue weighted by Crippen LogP contribution is -2.14. The first-order valence-corrected chi connectivity index (χ1v) is 12.2. The van der Waals surface area contributed by atoms with Gasteiger partial charge in [-0.2, -0.15) is 5.26 Å². The molecule has 9 heteroatoms. The van der Waals surface area contributed by atoms with Gasteiger partial charge in [0.05, 0.1) is 17.9 Å². The third-order valence-corrected chi connectivity index (χ3v) is 6.44. The lowest BCUT2D eigenvalue weighted by atomic mass is 10.1. The number of carbonyl (C=O) groups excluding carboxylic acids is 1. The van der Waals surface area contributed by atoms with Crippen molar-refractivity contribution >= 4 is 34.0 Å². The molecular formula is C24H21N5O2S2. The number of benzene rings is 2. The van der Waals surface area contributed by atoms with Gasteiger partial charge in [-0.3, -0.25) is 9.36 Å². The number of ether oxygens (including phenoxy) is 1. The van der Waals surface area contributed by atoms with Crippen molar-refractivity contribution in [2.75, 3.05) is 17.7 Å². The van der Waals surface area contributed by atoms with Crippen molar-refractivity contribution in [3.63, 3.8) is 0 Å². The molecule has 0 fully saturated rings. The highest BCUT2D eigenvalue weighted by Crippen LogP contribution is 2.26. The molecule has 4 aromatic rings. The smallest absolute Gasteiger partial charge is 0.235 e. The monoisotopic (exact) mass is 475 g/mol. The number of nitrogens with one attached hydrogen (secondary N) is 1. The third kappa shape index (κ3) is 5.61. The van der Waals surface area contributed by atoms with Gasteiger partial charge in [-0.05, 0) is 48.2 Å². The Labute approximate surface area is 200 Å². The highest BCUT2D eigenvalue weighted by Gasteiger charge is 2.17. The molecule has 0 atom stereocenters. The first-order valence-electron chi connectivity index (χ1n) is 10.3. The number of hydrogen-bond acceptors (Lipinski definition) is 7. The van der Waals surface area contributed by atoms with E-state index in [0.29, 0.717) is 28.7 Å². The highest BCUT2D eigenvalue weighted by atomic mass is 32.2. The minimum Gasteiger partial charge on any atom is -0.494 e. The van der Waals surface area contributed by atoms with Crippen LogP contribution in [-0.2, 0) is 11.2 Å². The number of thiophene rings is 1. The van der Waals surface area contributed by atoms with Crippen molar-refractivity contribution < 1.29 is 9.53 Å². The van der Waals surface area contributed by atoms with Gasteiger partial charge < -0.3 is 10.1 Å². The SMILES string of the molecule is CCOc1ccc(-n2c(Cc3ccccc3)nnc2SCC(=O)Nc2sccc2C#N)cc1. The Morgan fingerprint density at radius 2 is 1.94 bits per heavy atom. The standard InChI is InChI=1S/C24H21N5O2S2/c1-2-31-20-10-8-19(9-11-20)29-21(14-17-6-4-3-5-7-17)27-28-24(29)33-16-22(30)26-23-18(15-25)12-13-32-23/h3-13H,2,14,16H2,1H3,(H,26,30). The largest absolute Gasteiger partial charge is 0.494 e. The molecule has 4 rings (SSSR count). The van der Waals surface area contributed by atoms with Crippen molar-refractivity contribution in [3.05, 3.63) is 83.0 Å². The Morgan fingerprint density at radius 1 is 1.15 bits per heavy atom. The fraction of sp³-hybridized carbons (Fsp3) is 0.167. The van der Waals surface area contributed by atoms with Crippen molar-refractivity contribution in [1.82, 2.24) is 14.8 Å². The van der Waals surface area contributed by atoms with E-state index in [9.17, 15) is 4.79 Å². The molecule has 0 saturated carbocycles. The zero-order valence-corrected chi connectivity index (χ0v) is 19.5. The van der Waals surface area contributed by atoms with E-state index in [1.165, 1.54) is 23.1 Å². The predicted molar refractivity (Wildman–Crippen MR) is 130 cm³/mol. The molecule has 166 valence electrons. The van der Waals surface area contributed by atoms with Gasteiger partial charge in [0.15, 0.2) is 5.16 Å². The quantitative estimate of drug-likeness (QED) is 0.345. The summed E-state index contributed by atoms with van der Waals surface area (Å²) in [6, 6.07) is 21.6. The van der Waals surface area contributed by atoms with E-state index < -0.39 is 0 Å². The summed E-state index contributed by atoms with van der Waals surface area (Å²) in [5.41, 5.74) is 2.47. The normalized spacial score (nSPS) is 10.5. The predicted octanol–water partition coefficient (Wildman–Crippen LogP) is 4.92. The maximum Gasteiger partial charge on any atom is 0.235 e. The minimum atomic E-state index is -0.204. The summed E-state index contributed by atoms with van der Waals surface area (Å²) >= 11 is 2.62. The Morgan fingerprint density at radius 3 is 2.67 bits per heavy atom. The topological polar surface area (TPSA) is 92.8 Å². The summed E-state index contributed by atoms with van der Waals surface area (Å²) < 4.78 is 7.53. The Balaban J connectivity index is 1.56. The number of hydrogen-bond donors (Lipinski definition) is 1. The molecule has 2 aromatic carbocycles. The van der Waals surface area contributed by atoms with Gasteiger partial charge in [0, 0.05) is 12.1 Å². The number of nitrogens with zero attached hydrogens (tertiary/aromatic N) is 4. The van der Waals surface area contributed by atoms with Gasteiger partial charge in [-0.1, -0.05) is 42.1 Å². The molecule has 1 amide bonds. The molecule has 0 spiro atoms. The molecule has 0 aliphatic carbocycles. The summed E-state index contributed by atoms with van der Waals surface area (Å²) in [5.74, 6) is 1.50. The average Bonchev–Trinajstić information content (AvgIpc) is 3.45. The molecular weight excluding hydrogens is 454 g/mol. The van der Waals surface area contributed by atoms with E-state index in [2.05, 4.69) is 21.6 Å². The van der Waals surface area contributed by atoms with E-state index >= 15 is 0 Å². The molecule has 33 heavy (non-hydrogen) atoms. The first kappa shape index (κ1) is 22.6. The fourth-order valence-corrected chi connectivity index (χ4v) is 4.72. The van der Waals surface area contributed by atoms with Crippen molar-refractivity contribution in [2.45, 2.75) is 18.5 Å². The summed E-state index contributed by atoms with van der Waals surface area (Å²) in [5, 5.41) is 23.7. The second kappa shape index (κ2) is 10.8.